The number of hydrogen-bond donors (Lipinski definition) is 0. The standard InChI is InChI=1S/C19H19N3O5/c1-24-14-5-3-4-12-8-15(27-18(12)14)19(23)22-7-6-13(11-22)26-17-10-20-9-16(21-17)25-2/h3-5,8-10,13H,6-7,11H2,1-2H3/t13-/m0/s1. The molecule has 27 heavy (non-hydrogen) atoms. The van der Waals surface area contributed by atoms with Gasteiger partial charge in [-0.2, -0.15) is 4.98 Å². The molecule has 3 heterocycles. The van der Waals surface area contributed by atoms with Gasteiger partial charge in [-0.15, -0.1) is 0 Å². The van der Waals surface area contributed by atoms with Crippen LogP contribution in [0.5, 0.6) is 17.5 Å². The van der Waals surface area contributed by atoms with Crippen molar-refractivity contribution in [1.29, 1.82) is 0 Å². The molecule has 1 atom stereocenters. The van der Waals surface area contributed by atoms with E-state index >= 15 is 0 Å². The number of para-hydroxylation sites is 1. The van der Waals surface area contributed by atoms with Crippen molar-refractivity contribution in [3.63, 3.8) is 0 Å². The molecule has 0 N–H and O–H groups in total. The highest BCUT2D eigenvalue weighted by Gasteiger charge is 2.30. The lowest BCUT2D eigenvalue weighted by Gasteiger charge is -2.15. The largest absolute Gasteiger partial charge is 0.493 e. The van der Waals surface area contributed by atoms with E-state index in [2.05, 4.69) is 9.97 Å². The molecule has 0 aliphatic carbocycles. The molecule has 0 unspecified atom stereocenters. The first-order chi connectivity index (χ1) is 13.2. The predicted molar refractivity (Wildman–Crippen MR) is 96.3 cm³/mol. The molecule has 1 fully saturated rings. The summed E-state index contributed by atoms with van der Waals surface area (Å²) >= 11 is 0. The Morgan fingerprint density at radius 2 is 2.07 bits per heavy atom. The number of ether oxygens (including phenoxy) is 3. The molecule has 1 amide bonds. The van der Waals surface area contributed by atoms with E-state index in [9.17, 15) is 4.79 Å². The Morgan fingerprint density at radius 3 is 2.89 bits per heavy atom. The minimum atomic E-state index is -0.170. The average Bonchev–Trinajstić information content (AvgIpc) is 3.34. The molecule has 8 heteroatoms. The molecule has 2 aromatic heterocycles. The van der Waals surface area contributed by atoms with Crippen molar-refractivity contribution in [3.8, 4) is 17.5 Å². The van der Waals surface area contributed by atoms with E-state index in [-0.39, 0.29) is 17.8 Å². The lowest BCUT2D eigenvalue weighted by molar-refractivity contribution is 0.0741. The third kappa shape index (κ3) is 3.38. The fraction of sp³-hybridized carbons (Fsp3) is 0.316. The van der Waals surface area contributed by atoms with Gasteiger partial charge in [0.15, 0.2) is 17.1 Å². The molecular weight excluding hydrogens is 350 g/mol. The molecular formula is C19H19N3O5. The van der Waals surface area contributed by atoms with Crippen LogP contribution >= 0.6 is 0 Å². The van der Waals surface area contributed by atoms with Crippen LogP contribution in [-0.2, 0) is 0 Å². The summed E-state index contributed by atoms with van der Waals surface area (Å²) in [6, 6.07) is 7.28. The van der Waals surface area contributed by atoms with Crippen molar-refractivity contribution in [1.82, 2.24) is 14.9 Å². The van der Waals surface area contributed by atoms with Crippen LogP contribution in [0, 0.1) is 0 Å². The van der Waals surface area contributed by atoms with Crippen LogP contribution in [0.2, 0.25) is 0 Å². The summed E-state index contributed by atoms with van der Waals surface area (Å²) in [5.41, 5.74) is 0.571. The van der Waals surface area contributed by atoms with Gasteiger partial charge in [0.25, 0.3) is 5.91 Å². The maximum absolute atomic E-state index is 12.8. The lowest BCUT2D eigenvalue weighted by Crippen LogP contribution is -2.30. The van der Waals surface area contributed by atoms with Crippen LogP contribution in [0.15, 0.2) is 41.1 Å². The normalized spacial score (nSPS) is 16.5. The van der Waals surface area contributed by atoms with Gasteiger partial charge in [0.05, 0.1) is 33.2 Å². The van der Waals surface area contributed by atoms with Crippen LogP contribution < -0.4 is 14.2 Å². The van der Waals surface area contributed by atoms with Gasteiger partial charge in [-0.1, -0.05) is 12.1 Å². The number of nitrogens with zero attached hydrogens (tertiary/aromatic N) is 3. The van der Waals surface area contributed by atoms with Crippen LogP contribution in [0.3, 0.4) is 0 Å². The van der Waals surface area contributed by atoms with E-state index in [1.807, 2.05) is 12.1 Å². The number of hydrogen-bond acceptors (Lipinski definition) is 7. The Kier molecular flexibility index (Phi) is 4.53. The van der Waals surface area contributed by atoms with Crippen LogP contribution in [0.25, 0.3) is 11.0 Å². The van der Waals surface area contributed by atoms with E-state index in [1.165, 1.54) is 19.5 Å². The zero-order valence-corrected chi connectivity index (χ0v) is 15.0. The first-order valence-corrected chi connectivity index (χ1v) is 8.56. The molecule has 140 valence electrons. The second kappa shape index (κ2) is 7.14. The SMILES string of the molecule is COc1cncc(O[C@H]2CCN(C(=O)c3cc4cccc(OC)c4o3)C2)n1. The number of benzene rings is 1. The van der Waals surface area contributed by atoms with Crippen molar-refractivity contribution in [2.45, 2.75) is 12.5 Å². The number of likely N-dealkylation sites (tertiary alicyclic amines) is 1. The molecule has 1 aromatic carbocycles. The first kappa shape index (κ1) is 17.1. The third-order valence-electron chi connectivity index (χ3n) is 4.46. The zero-order chi connectivity index (χ0) is 18.8. The number of fused-ring (bicyclic) bond motifs is 1. The van der Waals surface area contributed by atoms with Crippen molar-refractivity contribution in [3.05, 3.63) is 42.4 Å². The van der Waals surface area contributed by atoms with Gasteiger partial charge < -0.3 is 23.5 Å². The Hall–Kier alpha value is -3.29. The second-order valence-electron chi connectivity index (χ2n) is 6.17. The van der Waals surface area contributed by atoms with Gasteiger partial charge >= 0.3 is 0 Å². The minimum absolute atomic E-state index is 0.158. The van der Waals surface area contributed by atoms with E-state index in [4.69, 9.17) is 18.6 Å². The fourth-order valence-corrected chi connectivity index (χ4v) is 3.12. The third-order valence-corrected chi connectivity index (χ3v) is 4.46. The molecule has 4 rings (SSSR count). The summed E-state index contributed by atoms with van der Waals surface area (Å²) in [5, 5.41) is 0.830. The molecule has 1 aliphatic heterocycles. The van der Waals surface area contributed by atoms with E-state index < -0.39 is 0 Å². The zero-order valence-electron chi connectivity index (χ0n) is 15.0. The van der Waals surface area contributed by atoms with Gasteiger partial charge in [-0.25, -0.2) is 0 Å². The van der Waals surface area contributed by atoms with Gasteiger partial charge in [-0.05, 0) is 12.1 Å². The summed E-state index contributed by atoms with van der Waals surface area (Å²) in [7, 11) is 3.09. The Morgan fingerprint density at radius 1 is 1.22 bits per heavy atom. The molecule has 0 saturated carbocycles. The van der Waals surface area contributed by atoms with Crippen LogP contribution in [0.4, 0.5) is 0 Å². The van der Waals surface area contributed by atoms with E-state index in [0.717, 1.165) is 5.39 Å². The highest BCUT2D eigenvalue weighted by atomic mass is 16.5. The quantitative estimate of drug-likeness (QED) is 0.683. The first-order valence-electron chi connectivity index (χ1n) is 8.56. The highest BCUT2D eigenvalue weighted by Crippen LogP contribution is 2.29. The minimum Gasteiger partial charge on any atom is -0.493 e. The van der Waals surface area contributed by atoms with Crippen LogP contribution in [0.1, 0.15) is 17.0 Å². The molecule has 8 nitrogen and oxygen atoms in total. The van der Waals surface area contributed by atoms with Crippen molar-refractivity contribution in [2.24, 2.45) is 0 Å². The number of methoxy groups -OCH3 is 2. The highest BCUT2D eigenvalue weighted by molar-refractivity contribution is 5.97. The Labute approximate surface area is 155 Å². The molecule has 0 radical (unpaired) electrons. The number of rotatable bonds is 5. The van der Waals surface area contributed by atoms with E-state index in [1.54, 1.807) is 24.1 Å². The van der Waals surface area contributed by atoms with Crippen molar-refractivity contribution >= 4 is 16.9 Å². The maximum Gasteiger partial charge on any atom is 0.289 e. The number of furan rings is 1. The molecule has 1 saturated heterocycles. The predicted octanol–water partition coefficient (Wildman–Crippen LogP) is 2.53. The summed E-state index contributed by atoms with van der Waals surface area (Å²) < 4.78 is 21.9. The van der Waals surface area contributed by atoms with Gasteiger partial charge in [-0.3, -0.25) is 9.78 Å². The average molecular weight is 369 g/mol. The Balaban J connectivity index is 1.46. The number of amides is 1. The second-order valence-corrected chi connectivity index (χ2v) is 6.17. The van der Waals surface area contributed by atoms with E-state index in [0.29, 0.717) is 42.6 Å². The molecule has 1 aliphatic rings. The summed E-state index contributed by atoms with van der Waals surface area (Å²) in [6.07, 6.45) is 3.58. The van der Waals surface area contributed by atoms with Crippen molar-refractivity contribution < 1.29 is 23.4 Å². The van der Waals surface area contributed by atoms with Gasteiger partial charge in [0, 0.05) is 18.4 Å². The fourth-order valence-electron chi connectivity index (χ4n) is 3.12. The molecule has 0 spiro atoms. The monoisotopic (exact) mass is 369 g/mol. The van der Waals surface area contributed by atoms with Crippen LogP contribution in [-0.4, -0.2) is 54.2 Å². The smallest absolute Gasteiger partial charge is 0.289 e. The topological polar surface area (TPSA) is 86.9 Å². The van der Waals surface area contributed by atoms with Crippen molar-refractivity contribution in [2.75, 3.05) is 27.3 Å². The van der Waals surface area contributed by atoms with Gasteiger partial charge in [0.1, 0.15) is 6.10 Å². The summed E-state index contributed by atoms with van der Waals surface area (Å²) in [4.78, 5) is 22.7. The summed E-state index contributed by atoms with van der Waals surface area (Å²) in [6.45, 7) is 1.03. The van der Waals surface area contributed by atoms with Gasteiger partial charge in [0.2, 0.25) is 11.8 Å². The number of carbonyl (C=O) groups is 1. The molecule has 0 bridgehead atoms. The Bertz CT molecular complexity index is 971. The lowest BCUT2D eigenvalue weighted by atomic mass is 10.2. The summed E-state index contributed by atoms with van der Waals surface area (Å²) in [5.74, 6) is 1.48. The number of aromatic nitrogens is 2. The maximum atomic E-state index is 12.8. The molecule has 3 aromatic rings. The number of carbonyl (C=O) groups excluding carboxylic acids is 1.